The van der Waals surface area contributed by atoms with Gasteiger partial charge in [0, 0.05) is 5.56 Å². The van der Waals surface area contributed by atoms with Crippen LogP contribution in [0, 0.1) is 0 Å². The third-order valence-electron chi connectivity index (χ3n) is 3.83. The summed E-state index contributed by atoms with van der Waals surface area (Å²) in [4.78, 5) is 0. The number of hydrogen-bond donors (Lipinski definition) is 1. The molecule has 0 aliphatic rings. The molecule has 1 atom stereocenters. The van der Waals surface area contributed by atoms with E-state index >= 15 is 0 Å². The molecule has 0 aliphatic carbocycles. The molecule has 0 amide bonds. The molecule has 1 aromatic heterocycles. The predicted molar refractivity (Wildman–Crippen MR) is 98.4 cm³/mol. The van der Waals surface area contributed by atoms with Gasteiger partial charge < -0.3 is 5.11 Å². The Balaban J connectivity index is 2.58. The highest BCUT2D eigenvalue weighted by Gasteiger charge is 2.22. The fourth-order valence-corrected chi connectivity index (χ4v) is 5.57. The topological polar surface area (TPSA) is 20.2 Å². The monoisotopic (exact) mass is 430 g/mol. The molecular weight excluding hydrogens is 412 g/mol. The Morgan fingerprint density at radius 3 is 1.95 bits per heavy atom. The van der Waals surface area contributed by atoms with Crippen LogP contribution in [0.3, 0.4) is 0 Å². The molecule has 1 unspecified atom stereocenters. The van der Waals surface area contributed by atoms with Gasteiger partial charge >= 0.3 is 0 Å². The maximum Gasteiger partial charge on any atom is 0.107 e. The van der Waals surface area contributed by atoms with Gasteiger partial charge in [-0.25, -0.2) is 0 Å². The fourth-order valence-electron chi connectivity index (χ4n) is 2.69. The van der Waals surface area contributed by atoms with E-state index in [2.05, 4.69) is 64.8 Å². The van der Waals surface area contributed by atoms with Gasteiger partial charge in [0.2, 0.25) is 0 Å². The Hall–Kier alpha value is -0.160. The summed E-state index contributed by atoms with van der Waals surface area (Å²) in [6, 6.07) is 6.49. The summed E-state index contributed by atoms with van der Waals surface area (Å²) >= 11 is 8.66. The van der Waals surface area contributed by atoms with Crippen LogP contribution in [-0.2, 0) is 19.3 Å². The van der Waals surface area contributed by atoms with Gasteiger partial charge in [-0.2, -0.15) is 0 Å². The third kappa shape index (κ3) is 3.61. The second kappa shape index (κ2) is 7.40. The second-order valence-corrected chi connectivity index (χ2v) is 8.82. The second-order valence-electron chi connectivity index (χ2n) is 5.07. The fraction of sp³-hybridized carbons (Fsp3) is 0.412. The van der Waals surface area contributed by atoms with Crippen LogP contribution in [0.4, 0.5) is 0 Å². The minimum absolute atomic E-state index is 0.572. The lowest BCUT2D eigenvalue weighted by molar-refractivity contribution is 0.218. The molecule has 0 radical (unpaired) electrons. The summed E-state index contributed by atoms with van der Waals surface area (Å²) in [7, 11) is 0. The summed E-state index contributed by atoms with van der Waals surface area (Å²) < 4.78 is 2.02. The molecule has 21 heavy (non-hydrogen) atoms. The lowest BCUT2D eigenvalue weighted by atomic mass is 9.88. The zero-order valence-electron chi connectivity index (χ0n) is 12.5. The van der Waals surface area contributed by atoms with E-state index in [0.29, 0.717) is 0 Å². The van der Waals surface area contributed by atoms with E-state index in [1.54, 1.807) is 11.3 Å². The van der Waals surface area contributed by atoms with Gasteiger partial charge in [0.25, 0.3) is 0 Å². The van der Waals surface area contributed by atoms with Crippen LogP contribution in [0.5, 0.6) is 0 Å². The average Bonchev–Trinajstić information content (AvgIpc) is 2.83. The zero-order valence-corrected chi connectivity index (χ0v) is 16.5. The Kier molecular flexibility index (Phi) is 6.06. The van der Waals surface area contributed by atoms with E-state index in [9.17, 15) is 5.11 Å². The number of aryl methyl sites for hydroxylation is 3. The van der Waals surface area contributed by atoms with Crippen molar-refractivity contribution < 1.29 is 5.11 Å². The van der Waals surface area contributed by atoms with Crippen molar-refractivity contribution in [3.63, 3.8) is 0 Å². The molecule has 0 spiro atoms. The summed E-state index contributed by atoms with van der Waals surface area (Å²) in [5.41, 5.74) is 5.90. The first-order valence-electron chi connectivity index (χ1n) is 7.29. The number of hydrogen-bond acceptors (Lipinski definition) is 2. The highest BCUT2D eigenvalue weighted by Crippen LogP contribution is 2.40. The molecule has 1 heterocycles. The average molecular weight is 432 g/mol. The van der Waals surface area contributed by atoms with Crippen LogP contribution in [0.25, 0.3) is 0 Å². The highest BCUT2D eigenvalue weighted by molar-refractivity contribution is 9.12. The van der Waals surface area contributed by atoms with Crippen molar-refractivity contribution in [1.29, 1.82) is 0 Å². The first-order chi connectivity index (χ1) is 10.0. The van der Waals surface area contributed by atoms with Crippen LogP contribution >= 0.6 is 43.2 Å². The predicted octanol–water partition coefficient (Wildman–Crippen LogP) is 6.04. The standard InChI is InChI=1S/C17H20Br2OS/c1-4-10-7-11(5-2)15(12(6-3)8-10)16(20)13-9-14(18)21-17(13)19/h7-9,16,20H,4-6H2,1-3H3. The van der Waals surface area contributed by atoms with E-state index in [-0.39, 0.29) is 0 Å². The van der Waals surface area contributed by atoms with Gasteiger partial charge in [0.05, 0.1) is 7.57 Å². The van der Waals surface area contributed by atoms with Crippen molar-refractivity contribution in [2.75, 3.05) is 0 Å². The number of thiophene rings is 1. The lowest BCUT2D eigenvalue weighted by Crippen LogP contribution is -2.08. The van der Waals surface area contributed by atoms with Crippen LogP contribution in [-0.4, -0.2) is 5.11 Å². The molecule has 0 saturated carbocycles. The SMILES string of the molecule is CCc1cc(CC)c(C(O)c2cc(Br)sc2Br)c(CC)c1. The van der Waals surface area contributed by atoms with E-state index in [0.717, 1.165) is 38.0 Å². The molecule has 2 aromatic rings. The third-order valence-corrected chi connectivity index (χ3v) is 6.22. The Morgan fingerprint density at radius 2 is 1.57 bits per heavy atom. The Morgan fingerprint density at radius 1 is 1.00 bits per heavy atom. The van der Waals surface area contributed by atoms with Gasteiger partial charge in [-0.3, -0.25) is 0 Å². The van der Waals surface area contributed by atoms with Gasteiger partial charge in [0.1, 0.15) is 6.10 Å². The Bertz CT molecular complexity index is 609. The molecule has 0 bridgehead atoms. The molecule has 1 N–H and O–H groups in total. The quantitative estimate of drug-likeness (QED) is 0.611. The van der Waals surface area contributed by atoms with Crippen LogP contribution in [0.1, 0.15) is 54.7 Å². The summed E-state index contributed by atoms with van der Waals surface area (Å²) in [5, 5.41) is 10.9. The van der Waals surface area contributed by atoms with E-state index in [1.165, 1.54) is 16.7 Å². The van der Waals surface area contributed by atoms with E-state index in [1.807, 2.05) is 6.07 Å². The summed E-state index contributed by atoms with van der Waals surface area (Å²) in [5.74, 6) is 0. The minimum Gasteiger partial charge on any atom is -0.384 e. The molecular formula is C17H20Br2OS. The first kappa shape index (κ1) is 17.2. The van der Waals surface area contributed by atoms with Gasteiger partial charge in [-0.15, -0.1) is 11.3 Å². The van der Waals surface area contributed by atoms with Crippen molar-refractivity contribution in [2.24, 2.45) is 0 Å². The minimum atomic E-state index is -0.572. The number of halogens is 2. The maximum absolute atomic E-state index is 10.9. The summed E-state index contributed by atoms with van der Waals surface area (Å²) in [6.45, 7) is 6.49. The zero-order chi connectivity index (χ0) is 15.6. The normalized spacial score (nSPS) is 12.7. The molecule has 1 aromatic carbocycles. The highest BCUT2D eigenvalue weighted by atomic mass is 79.9. The number of aliphatic hydroxyl groups excluding tert-OH is 1. The molecule has 4 heteroatoms. The molecule has 114 valence electrons. The molecule has 1 nitrogen and oxygen atoms in total. The first-order valence-corrected chi connectivity index (χ1v) is 9.69. The number of rotatable bonds is 5. The van der Waals surface area contributed by atoms with Crippen molar-refractivity contribution in [3.05, 3.63) is 53.6 Å². The van der Waals surface area contributed by atoms with Gasteiger partial charge in [-0.05, 0) is 79.4 Å². The molecule has 0 fully saturated rings. The van der Waals surface area contributed by atoms with Crippen molar-refractivity contribution >= 4 is 43.2 Å². The van der Waals surface area contributed by atoms with E-state index < -0.39 is 6.10 Å². The smallest absolute Gasteiger partial charge is 0.107 e. The summed E-state index contributed by atoms with van der Waals surface area (Å²) in [6.07, 6.45) is 2.34. The van der Waals surface area contributed by atoms with Crippen LogP contribution < -0.4 is 0 Å². The number of aliphatic hydroxyl groups is 1. The van der Waals surface area contributed by atoms with Crippen LogP contribution in [0.2, 0.25) is 0 Å². The molecule has 0 aliphatic heterocycles. The molecule has 2 rings (SSSR count). The van der Waals surface area contributed by atoms with Crippen molar-refractivity contribution in [3.8, 4) is 0 Å². The maximum atomic E-state index is 10.9. The van der Waals surface area contributed by atoms with Crippen molar-refractivity contribution in [2.45, 2.75) is 46.1 Å². The van der Waals surface area contributed by atoms with Crippen molar-refractivity contribution in [1.82, 2.24) is 0 Å². The van der Waals surface area contributed by atoms with E-state index in [4.69, 9.17) is 0 Å². The number of benzene rings is 1. The van der Waals surface area contributed by atoms with Gasteiger partial charge in [-0.1, -0.05) is 32.9 Å². The van der Waals surface area contributed by atoms with Gasteiger partial charge in [0.15, 0.2) is 0 Å². The largest absolute Gasteiger partial charge is 0.384 e. The Labute approximate surface area is 147 Å². The van der Waals surface area contributed by atoms with Crippen LogP contribution in [0.15, 0.2) is 25.8 Å². The molecule has 0 saturated heterocycles. The lowest BCUT2D eigenvalue weighted by Gasteiger charge is -2.20.